The smallest absolute Gasteiger partial charge is 0.277 e. The van der Waals surface area contributed by atoms with Gasteiger partial charge in [-0.15, -0.1) is 0 Å². The Morgan fingerprint density at radius 3 is 2.58 bits per heavy atom. The number of benzene rings is 2. The van der Waals surface area contributed by atoms with E-state index >= 15 is 0 Å². The van der Waals surface area contributed by atoms with Crippen LogP contribution in [0.4, 0.5) is 11.6 Å². The number of nitrogens with zero attached hydrogens (tertiary/aromatic N) is 3. The van der Waals surface area contributed by atoms with Crippen LogP contribution < -0.4 is 16.2 Å². The lowest BCUT2D eigenvalue weighted by molar-refractivity contribution is -0.116. The number of amides is 1. The molecule has 31 heavy (non-hydrogen) atoms. The van der Waals surface area contributed by atoms with Crippen LogP contribution in [0.3, 0.4) is 0 Å². The van der Waals surface area contributed by atoms with Crippen molar-refractivity contribution in [2.45, 2.75) is 26.3 Å². The summed E-state index contributed by atoms with van der Waals surface area (Å²) in [7, 11) is 0. The Morgan fingerprint density at radius 1 is 1.10 bits per heavy atom. The average molecular weight is 481 g/mol. The molecule has 3 N–H and O–H groups in total. The number of hydrogen-bond acceptors (Lipinski definition) is 5. The van der Waals surface area contributed by atoms with E-state index in [0.29, 0.717) is 35.2 Å². The van der Waals surface area contributed by atoms with E-state index in [1.165, 1.54) is 4.52 Å². The van der Waals surface area contributed by atoms with Crippen molar-refractivity contribution in [2.75, 3.05) is 10.6 Å². The molecule has 4 aromatic rings. The monoisotopic (exact) mass is 480 g/mol. The highest BCUT2D eigenvalue weighted by Gasteiger charge is 2.15. The summed E-state index contributed by atoms with van der Waals surface area (Å²) in [6.45, 7) is 2.33. The van der Waals surface area contributed by atoms with Crippen molar-refractivity contribution in [3.05, 3.63) is 86.2 Å². The Kier molecular flexibility index (Phi) is 6.13. The SMILES string of the molecule is Cc1nc2nc(NCc3ccccc3)[nH]n2c(=O)c1CCC(=O)Nc1ccc(Br)cc1. The van der Waals surface area contributed by atoms with Gasteiger partial charge in [0.05, 0.1) is 5.69 Å². The maximum Gasteiger partial charge on any atom is 0.277 e. The number of carbonyl (C=O) groups is 1. The maximum atomic E-state index is 12.9. The summed E-state index contributed by atoms with van der Waals surface area (Å²) >= 11 is 3.36. The molecule has 2 aromatic heterocycles. The van der Waals surface area contributed by atoms with E-state index in [4.69, 9.17) is 0 Å². The van der Waals surface area contributed by atoms with Gasteiger partial charge in [0, 0.05) is 28.7 Å². The van der Waals surface area contributed by atoms with E-state index in [9.17, 15) is 9.59 Å². The molecule has 0 spiro atoms. The fourth-order valence-corrected chi connectivity index (χ4v) is 3.46. The summed E-state index contributed by atoms with van der Waals surface area (Å²) in [5.41, 5.74) is 2.61. The number of rotatable bonds is 7. The van der Waals surface area contributed by atoms with Crippen LogP contribution in [0.5, 0.6) is 0 Å². The molecule has 0 unspecified atom stereocenters. The predicted molar refractivity (Wildman–Crippen MR) is 123 cm³/mol. The normalized spacial score (nSPS) is 10.9. The van der Waals surface area contributed by atoms with Crippen LogP contribution in [0.25, 0.3) is 5.78 Å². The molecule has 9 heteroatoms. The van der Waals surface area contributed by atoms with Crippen molar-refractivity contribution in [1.29, 1.82) is 0 Å². The molecule has 0 aliphatic rings. The minimum atomic E-state index is -0.251. The number of carbonyl (C=O) groups excluding carboxylic acids is 1. The summed E-state index contributed by atoms with van der Waals surface area (Å²) in [5, 5.41) is 8.95. The number of hydrogen-bond donors (Lipinski definition) is 3. The molecule has 0 aliphatic carbocycles. The van der Waals surface area contributed by atoms with Gasteiger partial charge in [0.2, 0.25) is 11.9 Å². The molecule has 0 radical (unpaired) electrons. The second-order valence-electron chi connectivity index (χ2n) is 7.08. The van der Waals surface area contributed by atoms with Gasteiger partial charge < -0.3 is 10.6 Å². The van der Waals surface area contributed by atoms with E-state index < -0.39 is 0 Å². The molecule has 0 fully saturated rings. The lowest BCUT2D eigenvalue weighted by atomic mass is 10.1. The van der Waals surface area contributed by atoms with Crippen LogP contribution in [-0.4, -0.2) is 25.5 Å². The third-order valence-corrected chi connectivity index (χ3v) is 5.36. The Labute approximate surface area is 186 Å². The Hall–Kier alpha value is -3.46. The number of halogens is 1. The largest absolute Gasteiger partial charge is 0.351 e. The molecular formula is C22H21BrN6O2. The molecular weight excluding hydrogens is 460 g/mol. The van der Waals surface area contributed by atoms with Gasteiger partial charge in [0.1, 0.15) is 0 Å². The quantitative estimate of drug-likeness (QED) is 0.374. The number of aromatic amines is 1. The van der Waals surface area contributed by atoms with Crippen molar-refractivity contribution in [3.63, 3.8) is 0 Å². The van der Waals surface area contributed by atoms with Crippen LogP contribution in [0.1, 0.15) is 23.2 Å². The van der Waals surface area contributed by atoms with Crippen molar-refractivity contribution < 1.29 is 4.79 Å². The lowest BCUT2D eigenvalue weighted by Gasteiger charge is -2.07. The summed E-state index contributed by atoms with van der Waals surface area (Å²) in [4.78, 5) is 34.0. The molecule has 2 heterocycles. The number of aryl methyl sites for hydroxylation is 1. The first-order valence-corrected chi connectivity index (χ1v) is 10.6. The molecule has 0 aliphatic heterocycles. The zero-order valence-electron chi connectivity index (χ0n) is 16.9. The number of fused-ring (bicyclic) bond motifs is 1. The number of nitrogens with one attached hydrogen (secondary N) is 3. The van der Waals surface area contributed by atoms with Crippen LogP contribution in [0, 0.1) is 6.92 Å². The van der Waals surface area contributed by atoms with Gasteiger partial charge in [-0.25, -0.2) is 4.98 Å². The molecule has 2 aromatic carbocycles. The van der Waals surface area contributed by atoms with E-state index in [0.717, 1.165) is 10.0 Å². The molecule has 0 saturated carbocycles. The Balaban J connectivity index is 1.45. The van der Waals surface area contributed by atoms with Crippen LogP contribution >= 0.6 is 15.9 Å². The predicted octanol–water partition coefficient (Wildman–Crippen LogP) is 3.67. The first kappa shape index (κ1) is 20.8. The van der Waals surface area contributed by atoms with Gasteiger partial charge in [-0.3, -0.25) is 14.7 Å². The van der Waals surface area contributed by atoms with Crippen LogP contribution in [-0.2, 0) is 17.8 Å². The molecule has 1 amide bonds. The van der Waals surface area contributed by atoms with Gasteiger partial charge in [0.25, 0.3) is 11.3 Å². The van der Waals surface area contributed by atoms with E-state index in [2.05, 4.69) is 41.6 Å². The van der Waals surface area contributed by atoms with Crippen molar-refractivity contribution in [1.82, 2.24) is 19.6 Å². The summed E-state index contributed by atoms with van der Waals surface area (Å²) < 4.78 is 2.24. The van der Waals surface area contributed by atoms with Gasteiger partial charge in [0.15, 0.2) is 0 Å². The zero-order valence-corrected chi connectivity index (χ0v) is 18.4. The first-order valence-electron chi connectivity index (χ1n) is 9.81. The van der Waals surface area contributed by atoms with Crippen molar-refractivity contribution in [3.8, 4) is 0 Å². The fraction of sp³-hybridized carbons (Fsp3) is 0.182. The van der Waals surface area contributed by atoms with Gasteiger partial charge >= 0.3 is 0 Å². The first-order chi connectivity index (χ1) is 15.0. The van der Waals surface area contributed by atoms with E-state index in [-0.39, 0.29) is 24.3 Å². The zero-order chi connectivity index (χ0) is 21.8. The third kappa shape index (κ3) is 5.00. The second-order valence-corrected chi connectivity index (χ2v) is 8.00. The lowest BCUT2D eigenvalue weighted by Crippen LogP contribution is -2.23. The topological polar surface area (TPSA) is 104 Å². The van der Waals surface area contributed by atoms with Gasteiger partial charge in [-0.1, -0.05) is 46.3 Å². The summed E-state index contributed by atoms with van der Waals surface area (Å²) in [6, 6.07) is 17.2. The molecule has 4 rings (SSSR count). The average Bonchev–Trinajstić information content (AvgIpc) is 3.17. The minimum absolute atomic E-state index is 0.166. The molecule has 0 bridgehead atoms. The molecule has 0 atom stereocenters. The van der Waals surface area contributed by atoms with Crippen molar-refractivity contribution >= 4 is 39.3 Å². The highest BCUT2D eigenvalue weighted by Crippen LogP contribution is 2.15. The summed E-state index contributed by atoms with van der Waals surface area (Å²) in [6.07, 6.45) is 0.460. The fourth-order valence-electron chi connectivity index (χ4n) is 3.20. The van der Waals surface area contributed by atoms with Crippen LogP contribution in [0.15, 0.2) is 63.9 Å². The van der Waals surface area contributed by atoms with Crippen LogP contribution in [0.2, 0.25) is 0 Å². The Morgan fingerprint density at radius 2 is 1.84 bits per heavy atom. The standard InChI is InChI=1S/C22H21BrN6O2/c1-14-18(11-12-19(30)26-17-9-7-16(23)8-10-17)20(31)29-22(25-14)27-21(28-29)24-13-15-5-3-2-4-6-15/h2-10H,11-13H2,1H3,(H,26,30)(H2,24,25,27,28). The van der Waals surface area contributed by atoms with Gasteiger partial charge in [-0.05, 0) is 43.2 Å². The molecule has 158 valence electrons. The third-order valence-electron chi connectivity index (χ3n) is 4.83. The number of H-pyrrole nitrogens is 1. The van der Waals surface area contributed by atoms with E-state index in [1.807, 2.05) is 54.6 Å². The highest BCUT2D eigenvalue weighted by molar-refractivity contribution is 9.10. The maximum absolute atomic E-state index is 12.9. The van der Waals surface area contributed by atoms with Crippen molar-refractivity contribution in [2.24, 2.45) is 0 Å². The highest BCUT2D eigenvalue weighted by atomic mass is 79.9. The minimum Gasteiger partial charge on any atom is -0.351 e. The van der Waals surface area contributed by atoms with E-state index in [1.54, 1.807) is 6.92 Å². The second kappa shape index (κ2) is 9.13. The summed E-state index contributed by atoms with van der Waals surface area (Å²) in [5.74, 6) is 0.583. The number of aromatic nitrogens is 4. The number of anilines is 2. The van der Waals surface area contributed by atoms with Gasteiger partial charge in [-0.2, -0.15) is 9.50 Å². The molecule has 8 nitrogen and oxygen atoms in total. The Bertz CT molecular complexity index is 1270. The molecule has 0 saturated heterocycles.